The van der Waals surface area contributed by atoms with E-state index in [1.807, 2.05) is 13.8 Å². The zero-order valence-electron chi connectivity index (χ0n) is 13.1. The molecule has 0 aliphatic rings. The normalized spacial score (nSPS) is 9.27. The molecule has 0 saturated carbocycles. The van der Waals surface area contributed by atoms with Gasteiger partial charge < -0.3 is 15.2 Å². The summed E-state index contributed by atoms with van der Waals surface area (Å²) in [5.41, 5.74) is 6.02. The highest BCUT2D eigenvalue weighted by Crippen LogP contribution is 2.16. The second-order valence-electron chi connectivity index (χ2n) is 3.84. The smallest absolute Gasteiger partial charge is 0.258 e. The number of anilines is 2. The van der Waals surface area contributed by atoms with E-state index < -0.39 is 0 Å². The van der Waals surface area contributed by atoms with Gasteiger partial charge in [-0.15, -0.1) is 0 Å². The molecule has 7 nitrogen and oxygen atoms in total. The number of amides is 1. The molecule has 0 unspecified atom stereocenters. The lowest BCUT2D eigenvalue weighted by Crippen LogP contribution is -2.15. The third-order valence-electron chi connectivity index (χ3n) is 2.49. The Kier molecular flexibility index (Phi) is 6.62. The molecule has 22 heavy (non-hydrogen) atoms. The van der Waals surface area contributed by atoms with Crippen LogP contribution in [0.25, 0.3) is 0 Å². The first-order valence-corrected chi connectivity index (χ1v) is 6.76. The molecule has 3 N–H and O–H groups in total. The molecule has 1 aromatic heterocycles. The Morgan fingerprint density at radius 1 is 1.14 bits per heavy atom. The zero-order chi connectivity index (χ0) is 16.5. The van der Waals surface area contributed by atoms with Gasteiger partial charge in [-0.3, -0.25) is 10.1 Å². The van der Waals surface area contributed by atoms with E-state index in [4.69, 9.17) is 15.2 Å². The number of aromatic nitrogens is 2. The Bertz CT molecular complexity index is 632. The Hall–Kier alpha value is -2.83. The SMILES string of the molecule is CC.COc1cccc(C(=O)Nc2nc(N)cc(OC)n2)c1. The second kappa shape index (κ2) is 8.46. The largest absolute Gasteiger partial charge is 0.497 e. The zero-order valence-corrected chi connectivity index (χ0v) is 13.1. The van der Waals surface area contributed by atoms with Gasteiger partial charge in [-0.05, 0) is 18.2 Å². The number of benzene rings is 1. The molecule has 7 heteroatoms. The topological polar surface area (TPSA) is 99.4 Å². The molecule has 0 bridgehead atoms. The Labute approximate surface area is 129 Å². The van der Waals surface area contributed by atoms with Crippen LogP contribution in [-0.4, -0.2) is 30.1 Å². The lowest BCUT2D eigenvalue weighted by molar-refractivity contribution is 0.102. The van der Waals surface area contributed by atoms with Gasteiger partial charge in [0.2, 0.25) is 11.8 Å². The van der Waals surface area contributed by atoms with Gasteiger partial charge in [-0.25, -0.2) is 0 Å². The molecule has 2 aromatic rings. The number of hydrogen-bond donors (Lipinski definition) is 2. The molecule has 0 spiro atoms. The van der Waals surface area contributed by atoms with Crippen LogP contribution in [0.2, 0.25) is 0 Å². The van der Waals surface area contributed by atoms with Crippen molar-refractivity contribution in [1.82, 2.24) is 9.97 Å². The molecule has 118 valence electrons. The van der Waals surface area contributed by atoms with Gasteiger partial charge >= 0.3 is 0 Å². The summed E-state index contributed by atoms with van der Waals surface area (Å²) in [5.74, 6) is 0.784. The number of nitrogens with two attached hydrogens (primary N) is 1. The average Bonchev–Trinajstić information content (AvgIpc) is 2.56. The average molecular weight is 304 g/mol. The van der Waals surface area contributed by atoms with E-state index in [0.29, 0.717) is 11.3 Å². The molecular formula is C15H20N4O3. The van der Waals surface area contributed by atoms with Crippen LogP contribution < -0.4 is 20.5 Å². The maximum atomic E-state index is 12.1. The summed E-state index contributed by atoms with van der Waals surface area (Å²) in [5, 5.41) is 2.55. The monoisotopic (exact) mass is 304 g/mol. The van der Waals surface area contributed by atoms with E-state index >= 15 is 0 Å². The van der Waals surface area contributed by atoms with Crippen LogP contribution in [0.1, 0.15) is 24.2 Å². The van der Waals surface area contributed by atoms with Gasteiger partial charge in [0.25, 0.3) is 5.91 Å². The Morgan fingerprint density at radius 3 is 2.50 bits per heavy atom. The highest BCUT2D eigenvalue weighted by Gasteiger charge is 2.10. The van der Waals surface area contributed by atoms with E-state index in [1.54, 1.807) is 24.3 Å². The number of hydrogen-bond acceptors (Lipinski definition) is 6. The third kappa shape index (κ3) is 4.62. The van der Waals surface area contributed by atoms with E-state index in [0.717, 1.165) is 0 Å². The summed E-state index contributed by atoms with van der Waals surface area (Å²) in [6.07, 6.45) is 0. The summed E-state index contributed by atoms with van der Waals surface area (Å²) >= 11 is 0. The minimum Gasteiger partial charge on any atom is -0.497 e. The van der Waals surface area contributed by atoms with Crippen molar-refractivity contribution in [2.24, 2.45) is 0 Å². The molecule has 2 rings (SSSR count). The number of nitrogens with zero attached hydrogens (tertiary/aromatic N) is 2. The van der Waals surface area contributed by atoms with Gasteiger partial charge in [0, 0.05) is 11.6 Å². The van der Waals surface area contributed by atoms with Gasteiger partial charge in [0.05, 0.1) is 14.2 Å². The quantitative estimate of drug-likeness (QED) is 0.899. The van der Waals surface area contributed by atoms with E-state index in [2.05, 4.69) is 15.3 Å². The van der Waals surface area contributed by atoms with Crippen molar-refractivity contribution in [3.8, 4) is 11.6 Å². The minimum atomic E-state index is -0.364. The fraction of sp³-hybridized carbons (Fsp3) is 0.267. The van der Waals surface area contributed by atoms with E-state index in [9.17, 15) is 4.79 Å². The number of rotatable bonds is 4. The number of ether oxygens (including phenoxy) is 2. The number of carbonyl (C=O) groups is 1. The summed E-state index contributed by atoms with van der Waals surface area (Å²) in [4.78, 5) is 20.0. The lowest BCUT2D eigenvalue weighted by Gasteiger charge is -2.07. The predicted octanol–water partition coefficient (Wildman–Crippen LogP) is 2.35. The van der Waals surface area contributed by atoms with Crippen molar-refractivity contribution in [3.05, 3.63) is 35.9 Å². The highest BCUT2D eigenvalue weighted by molar-refractivity contribution is 6.03. The maximum absolute atomic E-state index is 12.1. The van der Waals surface area contributed by atoms with Crippen molar-refractivity contribution in [1.29, 1.82) is 0 Å². The Balaban J connectivity index is 0.00000116. The molecule has 1 heterocycles. The molecule has 0 aliphatic heterocycles. The minimum absolute atomic E-state index is 0.0784. The van der Waals surface area contributed by atoms with Crippen molar-refractivity contribution in [3.63, 3.8) is 0 Å². The Morgan fingerprint density at radius 2 is 1.86 bits per heavy atom. The van der Waals surface area contributed by atoms with Crippen molar-refractivity contribution in [2.45, 2.75) is 13.8 Å². The molecule has 1 amide bonds. The number of nitrogens with one attached hydrogen (secondary N) is 1. The van der Waals surface area contributed by atoms with Crippen molar-refractivity contribution >= 4 is 17.7 Å². The standard InChI is InChI=1S/C13H14N4O3.C2H6/c1-19-9-5-3-4-8(6-9)12(18)17-13-15-10(14)7-11(16-13)20-2;1-2/h3-7H,1-2H3,(H3,14,15,16,17,18);1-2H3. The fourth-order valence-electron chi connectivity index (χ4n) is 1.54. The van der Waals surface area contributed by atoms with Crippen LogP contribution in [0.15, 0.2) is 30.3 Å². The molecule has 0 radical (unpaired) electrons. The van der Waals surface area contributed by atoms with Gasteiger partial charge in [-0.1, -0.05) is 19.9 Å². The first-order chi connectivity index (χ1) is 10.6. The summed E-state index contributed by atoms with van der Waals surface area (Å²) in [6.45, 7) is 4.00. The van der Waals surface area contributed by atoms with Crippen LogP contribution in [0, 0.1) is 0 Å². The van der Waals surface area contributed by atoms with Crippen LogP contribution >= 0.6 is 0 Å². The van der Waals surface area contributed by atoms with Crippen LogP contribution in [0.4, 0.5) is 11.8 Å². The molecule has 0 saturated heterocycles. The number of carbonyl (C=O) groups excluding carboxylic acids is 1. The summed E-state index contributed by atoms with van der Waals surface area (Å²) < 4.78 is 10.0. The first kappa shape index (κ1) is 17.2. The first-order valence-electron chi connectivity index (χ1n) is 6.76. The van der Waals surface area contributed by atoms with Gasteiger partial charge in [0.15, 0.2) is 0 Å². The summed E-state index contributed by atoms with van der Waals surface area (Å²) in [7, 11) is 2.98. The fourth-order valence-corrected chi connectivity index (χ4v) is 1.54. The number of methoxy groups -OCH3 is 2. The van der Waals surface area contributed by atoms with Gasteiger partial charge in [-0.2, -0.15) is 9.97 Å². The van der Waals surface area contributed by atoms with E-state index in [1.165, 1.54) is 20.3 Å². The predicted molar refractivity (Wildman–Crippen MR) is 85.3 cm³/mol. The highest BCUT2D eigenvalue weighted by atomic mass is 16.5. The molecular weight excluding hydrogens is 284 g/mol. The molecule has 0 atom stereocenters. The van der Waals surface area contributed by atoms with Gasteiger partial charge in [0.1, 0.15) is 11.6 Å². The molecule has 0 fully saturated rings. The molecule has 1 aromatic carbocycles. The van der Waals surface area contributed by atoms with Crippen LogP contribution in [0.5, 0.6) is 11.6 Å². The maximum Gasteiger partial charge on any atom is 0.258 e. The van der Waals surface area contributed by atoms with Crippen LogP contribution in [0.3, 0.4) is 0 Å². The summed E-state index contributed by atoms with van der Waals surface area (Å²) in [6, 6.07) is 8.19. The van der Waals surface area contributed by atoms with Crippen molar-refractivity contribution in [2.75, 3.05) is 25.3 Å². The number of nitrogen functional groups attached to an aromatic ring is 1. The third-order valence-corrected chi connectivity index (χ3v) is 2.49. The second-order valence-corrected chi connectivity index (χ2v) is 3.84. The van der Waals surface area contributed by atoms with Crippen LogP contribution in [-0.2, 0) is 0 Å². The lowest BCUT2D eigenvalue weighted by atomic mass is 10.2. The van der Waals surface area contributed by atoms with Crippen molar-refractivity contribution < 1.29 is 14.3 Å². The van der Waals surface area contributed by atoms with E-state index in [-0.39, 0.29) is 23.6 Å². The molecule has 0 aliphatic carbocycles.